The molecule has 0 saturated heterocycles. The molecule has 0 bridgehead atoms. The normalized spacial score (nSPS) is 25.0. The molecule has 9 fully saturated rings. The van der Waals surface area contributed by atoms with Gasteiger partial charge in [-0.1, -0.05) is 210 Å². The Morgan fingerprint density at radius 1 is 0.273 bits per heavy atom. The summed E-state index contributed by atoms with van der Waals surface area (Å²) in [5.41, 5.74) is 14.4. The maximum Gasteiger partial charge on any atom is 0.517 e. The number of hydrogen-bond acceptors (Lipinski definition) is 2. The molecule has 9 aliphatic rings. The maximum atomic E-state index is 15.4. The van der Waals surface area contributed by atoms with Gasteiger partial charge < -0.3 is 9.29 Å². The molecule has 0 heterocycles. The van der Waals surface area contributed by atoms with E-state index in [4.69, 9.17) is 4.18 Å². The lowest BCUT2D eigenvalue weighted by Crippen LogP contribution is -2.27. The average molecular weight is 1060 g/mol. The molecule has 0 aromatic heterocycles. The Morgan fingerprint density at radius 2 is 0.429 bits per heavy atom. The fourth-order valence-corrected chi connectivity index (χ4v) is 23.4. The van der Waals surface area contributed by atoms with E-state index in [-0.39, 0.29) is 0 Å². The molecular formula is C73H106O3S. The van der Waals surface area contributed by atoms with Gasteiger partial charge in [-0.2, -0.15) is 0 Å². The highest BCUT2D eigenvalue weighted by Gasteiger charge is 2.51. The van der Waals surface area contributed by atoms with E-state index in [2.05, 4.69) is 36.4 Å². The van der Waals surface area contributed by atoms with Gasteiger partial charge in [0.05, 0.1) is 0 Å². The second kappa shape index (κ2) is 26.0. The van der Waals surface area contributed by atoms with E-state index in [0.29, 0.717) is 53.3 Å². The molecule has 422 valence electrons. The van der Waals surface area contributed by atoms with E-state index < -0.39 is 16.5 Å². The zero-order valence-electron chi connectivity index (χ0n) is 48.7. The van der Waals surface area contributed by atoms with Crippen molar-refractivity contribution in [1.82, 2.24) is 0 Å². The summed E-state index contributed by atoms with van der Waals surface area (Å²) < 4.78 is 8.14. The van der Waals surface area contributed by atoms with Gasteiger partial charge in [0.15, 0.2) is 0 Å². The smallest absolute Gasteiger partial charge is 0.449 e. The van der Waals surface area contributed by atoms with E-state index in [0.717, 1.165) is 0 Å². The summed E-state index contributed by atoms with van der Waals surface area (Å²) in [5.74, 6) is 4.41. The first-order valence-electron chi connectivity index (χ1n) is 34.3. The standard InChI is InChI=1S/C73H106O3S/c74-73(75)76-77(70-64(55-34-16-4-17-35-55)46-61(52-28-10-1-11-29-52)47-65(70)56-36-18-5-19-37-56,71-66(57-38-20-6-21-39-57)48-62(53-30-12-2-13-31-53)49-67(71)58-40-22-7-23-41-58)72-68(59-42-24-8-25-43-59)50-63(54-32-14-3-15-33-54)51-69(72)60-44-26-9-27-45-60/h46-60H,1-45H2,(H,74,75). The van der Waals surface area contributed by atoms with Crippen LogP contribution in [0.5, 0.6) is 0 Å². The fourth-order valence-electron chi connectivity index (χ4n) is 18.9. The van der Waals surface area contributed by atoms with Crippen molar-refractivity contribution in [3.63, 3.8) is 0 Å². The number of carboxylic acid groups (broad SMARTS) is 1. The van der Waals surface area contributed by atoms with Gasteiger partial charge in [-0.05, 0) is 229 Å². The van der Waals surface area contributed by atoms with Gasteiger partial charge in [-0.25, -0.2) is 4.79 Å². The van der Waals surface area contributed by atoms with Crippen molar-refractivity contribution in [2.75, 3.05) is 0 Å². The topological polar surface area (TPSA) is 46.5 Å². The van der Waals surface area contributed by atoms with E-state index >= 15 is 4.79 Å². The molecular weight excluding hydrogens is 957 g/mol. The Labute approximate surface area is 471 Å². The van der Waals surface area contributed by atoms with Gasteiger partial charge in [0.25, 0.3) is 0 Å². The van der Waals surface area contributed by atoms with Crippen LogP contribution in [-0.4, -0.2) is 11.3 Å². The highest BCUT2D eigenvalue weighted by molar-refractivity contribution is 8.30. The molecule has 77 heavy (non-hydrogen) atoms. The number of rotatable bonds is 13. The fraction of sp³-hybridized carbons (Fsp3) is 0.740. The summed E-state index contributed by atoms with van der Waals surface area (Å²) in [6.07, 6.45) is 57.1. The zero-order chi connectivity index (χ0) is 52.0. The van der Waals surface area contributed by atoms with Gasteiger partial charge in [0.2, 0.25) is 0 Å². The molecule has 0 atom stereocenters. The van der Waals surface area contributed by atoms with Crippen LogP contribution in [0.4, 0.5) is 4.79 Å². The first-order valence-corrected chi connectivity index (χ1v) is 35.9. The van der Waals surface area contributed by atoms with Gasteiger partial charge in [0, 0.05) is 14.7 Å². The van der Waals surface area contributed by atoms with Crippen molar-refractivity contribution in [2.45, 2.75) is 357 Å². The highest BCUT2D eigenvalue weighted by atomic mass is 32.3. The van der Waals surface area contributed by atoms with Gasteiger partial charge in [-0.3, -0.25) is 0 Å². The zero-order valence-corrected chi connectivity index (χ0v) is 49.5. The third kappa shape index (κ3) is 12.0. The molecule has 0 amide bonds. The first kappa shape index (κ1) is 54.8. The van der Waals surface area contributed by atoms with Crippen LogP contribution in [0, 0.1) is 0 Å². The largest absolute Gasteiger partial charge is 0.517 e. The summed E-state index contributed by atoms with van der Waals surface area (Å²) in [6, 6.07) is 17.1. The minimum absolute atomic E-state index is 0.435. The Bertz CT molecular complexity index is 2020. The van der Waals surface area contributed by atoms with Gasteiger partial charge in [0.1, 0.15) is 0 Å². The van der Waals surface area contributed by atoms with Crippen molar-refractivity contribution >= 4 is 16.5 Å². The van der Waals surface area contributed by atoms with Crippen LogP contribution in [0.3, 0.4) is 0 Å². The van der Waals surface area contributed by atoms with Crippen LogP contribution in [0.2, 0.25) is 0 Å². The molecule has 0 aliphatic heterocycles. The molecule has 3 aromatic carbocycles. The minimum Gasteiger partial charge on any atom is -0.449 e. The summed E-state index contributed by atoms with van der Waals surface area (Å²) in [5, 5.41) is 12.6. The lowest BCUT2D eigenvalue weighted by molar-refractivity contribution is 0.150. The predicted molar refractivity (Wildman–Crippen MR) is 323 cm³/mol. The molecule has 0 spiro atoms. The Balaban J connectivity index is 1.29. The van der Waals surface area contributed by atoms with Crippen molar-refractivity contribution in [2.24, 2.45) is 0 Å². The molecule has 0 unspecified atom stereocenters. The quantitative estimate of drug-likeness (QED) is 0.186. The third-order valence-electron chi connectivity index (χ3n) is 23.1. The molecule has 4 heteroatoms. The molecule has 1 N–H and O–H groups in total. The Hall–Kier alpha value is -2.72. The minimum atomic E-state index is -2.95. The summed E-state index contributed by atoms with van der Waals surface area (Å²) in [7, 11) is -2.95. The average Bonchev–Trinajstić information content (AvgIpc) is 3.70. The molecule has 9 aliphatic carbocycles. The lowest BCUT2D eigenvalue weighted by Gasteiger charge is -2.50. The molecule has 0 radical (unpaired) electrons. The molecule has 3 aromatic rings. The Kier molecular flexibility index (Phi) is 18.5. The molecule has 12 rings (SSSR count). The van der Waals surface area contributed by atoms with Crippen molar-refractivity contribution in [3.05, 3.63) is 86.5 Å². The Morgan fingerprint density at radius 3 is 0.584 bits per heavy atom. The second-order valence-electron chi connectivity index (χ2n) is 28.0. The molecule has 3 nitrogen and oxygen atoms in total. The van der Waals surface area contributed by atoms with Crippen LogP contribution in [0.25, 0.3) is 0 Å². The van der Waals surface area contributed by atoms with Crippen LogP contribution >= 0.6 is 10.3 Å². The van der Waals surface area contributed by atoms with Gasteiger partial charge >= 0.3 is 6.16 Å². The number of benzene rings is 3. The third-order valence-corrected chi connectivity index (χ3v) is 26.6. The van der Waals surface area contributed by atoms with Crippen molar-refractivity contribution in [3.8, 4) is 0 Å². The van der Waals surface area contributed by atoms with E-state index in [1.807, 2.05) is 0 Å². The molecule has 9 saturated carbocycles. The number of hydrogen-bond donors (Lipinski definition) is 1. The summed E-state index contributed by atoms with van der Waals surface area (Å²) in [6.45, 7) is 0. The van der Waals surface area contributed by atoms with Crippen LogP contribution < -0.4 is 0 Å². The summed E-state index contributed by atoms with van der Waals surface area (Å²) in [4.78, 5) is 19.9. The first-order chi connectivity index (χ1) is 38.0. The van der Waals surface area contributed by atoms with Crippen molar-refractivity contribution < 1.29 is 14.1 Å². The van der Waals surface area contributed by atoms with Crippen LogP contribution in [-0.2, 0) is 4.18 Å². The monoisotopic (exact) mass is 1060 g/mol. The van der Waals surface area contributed by atoms with Crippen molar-refractivity contribution in [1.29, 1.82) is 0 Å². The SMILES string of the molecule is O=C(O)OS(c1c(C2CCCCC2)cc(C2CCCCC2)cc1C1CCCCC1)(c1c(C2CCCCC2)cc(C2CCCCC2)cc1C1CCCCC1)c1c(C2CCCCC2)cc(C2CCCCC2)cc1C1CCCCC1. The second-order valence-corrected chi connectivity index (χ2v) is 30.5. The lowest BCUT2D eigenvalue weighted by atomic mass is 9.75. The maximum absolute atomic E-state index is 15.4. The highest BCUT2D eigenvalue weighted by Crippen LogP contribution is 2.78. The van der Waals surface area contributed by atoms with Gasteiger partial charge in [-0.15, -0.1) is 0 Å². The number of carbonyl (C=O) groups is 1. The van der Waals surface area contributed by atoms with E-state index in [9.17, 15) is 5.11 Å². The summed E-state index contributed by atoms with van der Waals surface area (Å²) >= 11 is 0. The van der Waals surface area contributed by atoms with Crippen LogP contribution in [0.1, 0.15) is 392 Å². The van der Waals surface area contributed by atoms with Crippen LogP contribution in [0.15, 0.2) is 51.1 Å². The van der Waals surface area contributed by atoms with E-state index in [1.54, 1.807) is 50.1 Å². The predicted octanol–water partition coefficient (Wildman–Crippen LogP) is 24.0. The van der Waals surface area contributed by atoms with E-state index in [1.165, 1.54) is 304 Å².